The van der Waals surface area contributed by atoms with Crippen LogP contribution >= 0.6 is 11.3 Å². The number of benzene rings is 6. The van der Waals surface area contributed by atoms with Gasteiger partial charge >= 0.3 is 0 Å². The molecule has 0 spiro atoms. The van der Waals surface area contributed by atoms with Gasteiger partial charge in [-0.1, -0.05) is 133 Å². The van der Waals surface area contributed by atoms with Crippen LogP contribution in [-0.2, 0) is 0 Å². The second-order valence-corrected chi connectivity index (χ2v) is 16.3. The van der Waals surface area contributed by atoms with E-state index in [9.17, 15) is 0 Å². The molecule has 8 aromatic rings. The number of thiophene rings is 1. The molecule has 2 aliphatic carbocycles. The Kier molecular flexibility index (Phi) is 7.88. The van der Waals surface area contributed by atoms with Gasteiger partial charge in [-0.25, -0.2) is 0 Å². The van der Waals surface area contributed by atoms with Gasteiger partial charge in [0.1, 0.15) is 11.2 Å². The lowest BCUT2D eigenvalue weighted by molar-refractivity contribution is 0.390. The van der Waals surface area contributed by atoms with E-state index in [1.54, 1.807) is 0 Å². The van der Waals surface area contributed by atoms with Gasteiger partial charge in [0.05, 0.1) is 5.71 Å². The fourth-order valence-corrected chi connectivity index (χ4v) is 10.5. The van der Waals surface area contributed by atoms with E-state index in [1.165, 1.54) is 53.6 Å². The topological polar surface area (TPSA) is 25.5 Å². The summed E-state index contributed by atoms with van der Waals surface area (Å²) in [7, 11) is 0. The molecule has 0 N–H and O–H groups in total. The monoisotopic (exact) mass is 725 g/mol. The van der Waals surface area contributed by atoms with Gasteiger partial charge in [0.15, 0.2) is 0 Å². The molecule has 1 aliphatic heterocycles. The number of nitrogens with zero attached hydrogens (tertiary/aromatic N) is 1. The lowest BCUT2D eigenvalue weighted by Gasteiger charge is -2.35. The van der Waals surface area contributed by atoms with Crippen molar-refractivity contribution in [1.82, 2.24) is 0 Å². The number of para-hydroxylation sites is 1. The van der Waals surface area contributed by atoms with Crippen molar-refractivity contribution < 1.29 is 4.42 Å². The summed E-state index contributed by atoms with van der Waals surface area (Å²) < 4.78 is 8.93. The predicted octanol–water partition coefficient (Wildman–Crippen LogP) is 14.2. The van der Waals surface area contributed by atoms with Gasteiger partial charge < -0.3 is 4.42 Å². The van der Waals surface area contributed by atoms with Crippen LogP contribution in [0.4, 0.5) is 0 Å². The lowest BCUT2D eigenvalue weighted by atomic mass is 9.70. The summed E-state index contributed by atoms with van der Waals surface area (Å²) in [5.74, 6) is 1.06. The lowest BCUT2D eigenvalue weighted by Crippen LogP contribution is -2.25. The highest BCUT2D eigenvalue weighted by Gasteiger charge is 2.32. The van der Waals surface area contributed by atoms with Crippen LogP contribution in [0.25, 0.3) is 64.9 Å². The molecule has 55 heavy (non-hydrogen) atoms. The van der Waals surface area contributed by atoms with Crippen LogP contribution in [0.1, 0.15) is 47.4 Å². The largest absolute Gasteiger partial charge is 0.456 e. The summed E-state index contributed by atoms with van der Waals surface area (Å²) in [6.45, 7) is 0.763. The highest BCUT2D eigenvalue weighted by molar-refractivity contribution is 7.25. The first-order valence-corrected chi connectivity index (χ1v) is 20.4. The first-order chi connectivity index (χ1) is 27.2. The maximum Gasteiger partial charge on any atom is 0.136 e. The third-order valence-electron chi connectivity index (χ3n) is 12.1. The van der Waals surface area contributed by atoms with Crippen molar-refractivity contribution in [3.63, 3.8) is 0 Å². The molecule has 0 amide bonds. The van der Waals surface area contributed by atoms with E-state index in [0.29, 0.717) is 17.8 Å². The Balaban J connectivity index is 1.10. The molecule has 0 radical (unpaired) electrons. The third-order valence-corrected chi connectivity index (χ3v) is 13.2. The van der Waals surface area contributed by atoms with Gasteiger partial charge in [-0.2, -0.15) is 0 Å². The summed E-state index contributed by atoms with van der Waals surface area (Å²) in [5.41, 5.74) is 13.1. The summed E-state index contributed by atoms with van der Waals surface area (Å²) in [6, 6.07) is 48.7. The first-order valence-electron chi connectivity index (χ1n) is 19.6. The molecule has 0 saturated heterocycles. The second kappa shape index (κ2) is 13.4. The molecule has 3 atom stereocenters. The Labute approximate surface area is 325 Å². The van der Waals surface area contributed by atoms with Gasteiger partial charge in [0.2, 0.25) is 0 Å². The van der Waals surface area contributed by atoms with Crippen LogP contribution in [-0.4, -0.2) is 12.3 Å². The van der Waals surface area contributed by atoms with Crippen molar-refractivity contribution in [1.29, 1.82) is 0 Å². The predicted molar refractivity (Wildman–Crippen MR) is 234 cm³/mol. The maximum absolute atomic E-state index is 6.29. The molecular formula is C52H39NOS. The zero-order valence-corrected chi connectivity index (χ0v) is 31.3. The van der Waals surface area contributed by atoms with E-state index >= 15 is 0 Å². The fourth-order valence-electron chi connectivity index (χ4n) is 9.40. The standard InChI is InChI=1S/C52H39NOS/c1-2-11-33(12-3-1)41-26-23-35-30-44(41)40-17-5-4-13-39(40)32-53-46(27-24-34-14-9-22-50-51(34)45-31-36(35)25-28-49(45)55-50)38-16-8-15-37(29-38)42-19-10-21-48-52(42)43-18-6-7-20-47(43)54-48/h1-3,5-12,14-25,27-31,39-41H,4,13,26,32H2/b27-24+,53-46?/t39?,40-,41?/m0/s1. The molecule has 3 heteroatoms. The van der Waals surface area contributed by atoms with E-state index < -0.39 is 0 Å². The molecule has 3 heterocycles. The van der Waals surface area contributed by atoms with Crippen molar-refractivity contribution >= 4 is 70.8 Å². The van der Waals surface area contributed by atoms with E-state index in [2.05, 4.69) is 164 Å². The Morgan fingerprint density at radius 1 is 0.655 bits per heavy atom. The van der Waals surface area contributed by atoms with E-state index in [4.69, 9.17) is 9.41 Å². The molecule has 4 bridgehead atoms. The first kappa shape index (κ1) is 32.4. The van der Waals surface area contributed by atoms with Crippen LogP contribution in [0.15, 0.2) is 179 Å². The minimum Gasteiger partial charge on any atom is -0.456 e. The van der Waals surface area contributed by atoms with Crippen LogP contribution < -0.4 is 0 Å². The second-order valence-electron chi connectivity index (χ2n) is 15.2. The highest BCUT2D eigenvalue weighted by Crippen LogP contribution is 2.46. The molecule has 264 valence electrons. The van der Waals surface area contributed by atoms with E-state index in [-0.39, 0.29) is 0 Å². The smallest absolute Gasteiger partial charge is 0.136 e. The van der Waals surface area contributed by atoms with Gasteiger partial charge in [-0.15, -0.1) is 11.3 Å². The number of aliphatic imine (C=N–C) groups is 1. The summed E-state index contributed by atoms with van der Waals surface area (Å²) in [5, 5.41) is 4.94. The minimum atomic E-state index is 0.314. The Bertz CT molecular complexity index is 2950. The Hall–Kier alpha value is -6.03. The van der Waals surface area contributed by atoms with Gasteiger partial charge in [-0.3, -0.25) is 4.99 Å². The molecular weight excluding hydrogens is 687 g/mol. The molecule has 11 rings (SSSR count). The number of hydrogen-bond acceptors (Lipinski definition) is 3. The zero-order valence-electron chi connectivity index (χ0n) is 30.5. The quantitative estimate of drug-likeness (QED) is 0.167. The summed E-state index contributed by atoms with van der Waals surface area (Å²) >= 11 is 1.88. The van der Waals surface area contributed by atoms with Crippen LogP contribution in [0, 0.1) is 11.8 Å². The van der Waals surface area contributed by atoms with Crippen LogP contribution in [0.5, 0.6) is 0 Å². The minimum absolute atomic E-state index is 0.314. The maximum atomic E-state index is 6.29. The molecule has 2 nitrogen and oxygen atoms in total. The number of hydrogen-bond donors (Lipinski definition) is 0. The number of furan rings is 1. The van der Waals surface area contributed by atoms with Crippen LogP contribution in [0.2, 0.25) is 0 Å². The average molecular weight is 726 g/mol. The van der Waals surface area contributed by atoms with Crippen molar-refractivity contribution in [2.45, 2.75) is 25.2 Å². The van der Waals surface area contributed by atoms with E-state index in [1.807, 2.05) is 17.4 Å². The Morgan fingerprint density at radius 2 is 1.51 bits per heavy atom. The van der Waals surface area contributed by atoms with Gasteiger partial charge in [0.25, 0.3) is 0 Å². The van der Waals surface area contributed by atoms with Crippen molar-refractivity contribution in [3.8, 4) is 11.1 Å². The SMILES string of the molecule is C1=C[C@@H]2C3=CC(=CCC3c3ccccc3)c3ccc4sc5cccc(c5c4c3)/C=C/C(c3cccc(-c4cccc5oc6ccccc6c45)c3)=NCC2CC1. The average Bonchev–Trinajstić information content (AvgIpc) is 3.82. The summed E-state index contributed by atoms with van der Waals surface area (Å²) in [6.07, 6.45) is 17.7. The fraction of sp³-hybridized carbons (Fsp3) is 0.135. The number of rotatable bonds is 3. The zero-order chi connectivity index (χ0) is 36.3. The third kappa shape index (κ3) is 5.65. The molecule has 2 unspecified atom stereocenters. The van der Waals surface area contributed by atoms with Crippen molar-refractivity contribution in [2.24, 2.45) is 16.8 Å². The number of allylic oxidation sites excluding steroid dienone is 7. The van der Waals surface area contributed by atoms with Gasteiger partial charge in [0, 0.05) is 54.9 Å². The molecule has 2 aromatic heterocycles. The normalized spacial score (nSPS) is 20.3. The molecule has 0 saturated carbocycles. The van der Waals surface area contributed by atoms with Gasteiger partial charge in [-0.05, 0) is 101 Å². The molecule has 3 aliphatic rings. The Morgan fingerprint density at radius 3 is 2.47 bits per heavy atom. The van der Waals surface area contributed by atoms with Crippen molar-refractivity contribution in [2.75, 3.05) is 6.54 Å². The summed E-state index contributed by atoms with van der Waals surface area (Å²) in [4.78, 5) is 5.60. The highest BCUT2D eigenvalue weighted by atomic mass is 32.1. The molecule has 0 fully saturated rings. The van der Waals surface area contributed by atoms with Crippen LogP contribution in [0.3, 0.4) is 0 Å². The molecule has 6 aromatic carbocycles. The number of fused-ring (bicyclic) bond motifs is 8. The van der Waals surface area contributed by atoms with Crippen molar-refractivity contribution in [3.05, 3.63) is 192 Å². The van der Waals surface area contributed by atoms with E-state index in [0.717, 1.165) is 64.6 Å².